The molecule has 1 aliphatic carbocycles. The zero-order valence-electron chi connectivity index (χ0n) is 17.0. The highest BCUT2D eigenvalue weighted by Gasteiger charge is 2.41. The van der Waals surface area contributed by atoms with Crippen molar-refractivity contribution in [1.29, 1.82) is 0 Å². The number of allylic oxidation sites excluding steroid dienone is 2. The summed E-state index contributed by atoms with van der Waals surface area (Å²) in [6.07, 6.45) is 3.50. The predicted molar refractivity (Wildman–Crippen MR) is 111 cm³/mol. The van der Waals surface area contributed by atoms with Crippen LogP contribution in [-0.2, 0) is 19.1 Å². The molecule has 0 aromatic heterocycles. The first-order valence-electron chi connectivity index (χ1n) is 10.0. The lowest BCUT2D eigenvalue weighted by Gasteiger charge is -2.22. The molecule has 30 heavy (non-hydrogen) atoms. The molecule has 1 aliphatic rings. The fourth-order valence-corrected chi connectivity index (χ4v) is 3.44. The van der Waals surface area contributed by atoms with Crippen LogP contribution < -0.4 is 4.74 Å². The zero-order chi connectivity index (χ0) is 21.9. The highest BCUT2D eigenvalue weighted by molar-refractivity contribution is 6.30. The maximum absolute atomic E-state index is 12.2. The van der Waals surface area contributed by atoms with E-state index in [0.717, 1.165) is 0 Å². The van der Waals surface area contributed by atoms with Crippen LogP contribution in [0.4, 0.5) is 0 Å². The molecule has 0 bridgehead atoms. The zero-order valence-corrected chi connectivity index (χ0v) is 17.8. The second-order valence-corrected chi connectivity index (χ2v) is 7.68. The lowest BCUT2D eigenvalue weighted by molar-refractivity contribution is -0.140. The van der Waals surface area contributed by atoms with Gasteiger partial charge in [-0.15, -0.1) is 0 Å². The number of esters is 1. The molecule has 0 saturated heterocycles. The number of aliphatic hydroxyl groups excluding tert-OH is 2. The van der Waals surface area contributed by atoms with Gasteiger partial charge in [-0.2, -0.15) is 0 Å². The van der Waals surface area contributed by atoms with Crippen molar-refractivity contribution >= 4 is 23.4 Å². The van der Waals surface area contributed by atoms with Gasteiger partial charge in [-0.25, -0.2) is 0 Å². The number of ether oxygens (including phenoxy) is 3. The summed E-state index contributed by atoms with van der Waals surface area (Å²) in [5, 5.41) is 20.8. The summed E-state index contributed by atoms with van der Waals surface area (Å²) < 4.78 is 15.7. The van der Waals surface area contributed by atoms with Crippen LogP contribution in [0.2, 0.25) is 5.02 Å². The van der Waals surface area contributed by atoms with E-state index < -0.39 is 24.2 Å². The molecule has 0 radical (unpaired) electrons. The van der Waals surface area contributed by atoms with Crippen molar-refractivity contribution in [2.75, 3.05) is 20.3 Å². The summed E-state index contributed by atoms with van der Waals surface area (Å²) in [4.78, 5) is 23.3. The van der Waals surface area contributed by atoms with E-state index in [2.05, 4.69) is 4.74 Å². The molecule has 0 amide bonds. The van der Waals surface area contributed by atoms with Crippen LogP contribution in [0.5, 0.6) is 5.75 Å². The van der Waals surface area contributed by atoms with Gasteiger partial charge in [0.1, 0.15) is 24.2 Å². The molecule has 2 N–H and O–H groups in total. The van der Waals surface area contributed by atoms with E-state index in [-0.39, 0.29) is 31.4 Å². The van der Waals surface area contributed by atoms with Crippen molar-refractivity contribution in [3.8, 4) is 5.75 Å². The van der Waals surface area contributed by atoms with Gasteiger partial charge in [-0.3, -0.25) is 9.59 Å². The van der Waals surface area contributed by atoms with E-state index in [1.807, 2.05) is 12.2 Å². The maximum atomic E-state index is 12.2. The van der Waals surface area contributed by atoms with Crippen molar-refractivity contribution in [1.82, 2.24) is 0 Å². The van der Waals surface area contributed by atoms with Gasteiger partial charge < -0.3 is 24.4 Å². The first kappa shape index (κ1) is 24.3. The van der Waals surface area contributed by atoms with Crippen LogP contribution >= 0.6 is 11.6 Å². The Morgan fingerprint density at radius 1 is 1.33 bits per heavy atom. The molecule has 1 unspecified atom stereocenters. The Balaban J connectivity index is 1.75. The second-order valence-electron chi connectivity index (χ2n) is 7.24. The highest BCUT2D eigenvalue weighted by atomic mass is 35.5. The van der Waals surface area contributed by atoms with Crippen LogP contribution in [0, 0.1) is 5.92 Å². The number of hydrogen-bond donors (Lipinski definition) is 2. The summed E-state index contributed by atoms with van der Waals surface area (Å²) in [6.45, 7) is -0.0587. The molecule has 4 atom stereocenters. The van der Waals surface area contributed by atoms with Crippen molar-refractivity contribution in [3.05, 3.63) is 41.4 Å². The number of Topliss-reactive ketones (excluding diaryl/α,β-unsaturated/α-hetero) is 1. The Bertz CT molecular complexity index is 721. The fourth-order valence-electron chi connectivity index (χ4n) is 3.26. The fraction of sp³-hybridized carbons (Fsp3) is 0.545. The second kappa shape index (κ2) is 12.7. The third-order valence-corrected chi connectivity index (χ3v) is 5.09. The number of hydrogen-bond acceptors (Lipinski definition) is 7. The van der Waals surface area contributed by atoms with E-state index in [4.69, 9.17) is 21.1 Å². The van der Waals surface area contributed by atoms with E-state index in [1.54, 1.807) is 24.3 Å². The van der Waals surface area contributed by atoms with Gasteiger partial charge >= 0.3 is 5.97 Å². The van der Waals surface area contributed by atoms with Gasteiger partial charge in [-0.1, -0.05) is 29.8 Å². The third kappa shape index (κ3) is 8.07. The lowest BCUT2D eigenvalue weighted by atomic mass is 9.99. The van der Waals surface area contributed by atoms with Crippen LogP contribution in [0.15, 0.2) is 36.4 Å². The molecule has 0 spiro atoms. The monoisotopic (exact) mass is 440 g/mol. The summed E-state index contributed by atoms with van der Waals surface area (Å²) in [7, 11) is 1.36. The summed E-state index contributed by atoms with van der Waals surface area (Å²) in [6, 6.07) is 6.84. The number of benzene rings is 1. The Labute approximate surface area is 181 Å². The molecule has 166 valence electrons. The van der Waals surface area contributed by atoms with Crippen LogP contribution in [-0.4, -0.2) is 60.6 Å². The summed E-state index contributed by atoms with van der Waals surface area (Å²) >= 11 is 5.89. The molecule has 7 nitrogen and oxygen atoms in total. The standard InChI is InChI=1S/C22H29ClO7/c1-28-21(27)10-5-3-2-4-9-18-19(25)12-20(26)22(18)30-14-16(24)13-29-17-8-6-7-15(23)11-17/h2,4,6-8,11,16,18,20,22,24,26H,3,5,9-10,12-14H2,1H3/t16?,18-,20+,22+/m0/s1. The molecule has 0 heterocycles. The highest BCUT2D eigenvalue weighted by Crippen LogP contribution is 2.29. The van der Waals surface area contributed by atoms with Gasteiger partial charge in [0, 0.05) is 23.8 Å². The van der Waals surface area contributed by atoms with Crippen molar-refractivity contribution in [3.63, 3.8) is 0 Å². The summed E-state index contributed by atoms with van der Waals surface area (Å²) in [5.74, 6) is -0.231. The minimum Gasteiger partial charge on any atom is -0.491 e. The van der Waals surface area contributed by atoms with E-state index in [9.17, 15) is 19.8 Å². The number of aliphatic hydroxyl groups is 2. The smallest absolute Gasteiger partial charge is 0.305 e. The average Bonchev–Trinajstić information content (AvgIpc) is 2.99. The third-order valence-electron chi connectivity index (χ3n) is 4.86. The molecular weight excluding hydrogens is 412 g/mol. The van der Waals surface area contributed by atoms with Crippen molar-refractivity contribution in [2.45, 2.75) is 50.4 Å². The largest absolute Gasteiger partial charge is 0.491 e. The number of ketones is 1. The van der Waals surface area contributed by atoms with Crippen molar-refractivity contribution in [2.24, 2.45) is 5.92 Å². The van der Waals surface area contributed by atoms with E-state index >= 15 is 0 Å². The maximum Gasteiger partial charge on any atom is 0.305 e. The van der Waals surface area contributed by atoms with Crippen LogP contribution in [0.25, 0.3) is 0 Å². The lowest BCUT2D eigenvalue weighted by Crippen LogP contribution is -2.34. The average molecular weight is 441 g/mol. The first-order chi connectivity index (χ1) is 14.4. The van der Waals surface area contributed by atoms with E-state index in [0.29, 0.717) is 36.5 Å². The van der Waals surface area contributed by atoms with Crippen molar-refractivity contribution < 1.29 is 34.0 Å². The molecule has 1 aromatic rings. The van der Waals surface area contributed by atoms with Gasteiger partial charge in [0.05, 0.1) is 25.9 Å². The molecule has 1 fully saturated rings. The molecule has 1 saturated carbocycles. The SMILES string of the molecule is COC(=O)CCCC=CC[C@H]1C(=O)C[C@@H](O)[C@@H]1OCC(O)COc1cccc(Cl)c1. The van der Waals surface area contributed by atoms with Crippen LogP contribution in [0.3, 0.4) is 0 Å². The Morgan fingerprint density at radius 2 is 2.13 bits per heavy atom. The van der Waals surface area contributed by atoms with Gasteiger partial charge in [-0.05, 0) is 37.5 Å². The van der Waals surface area contributed by atoms with E-state index in [1.165, 1.54) is 7.11 Å². The molecule has 2 rings (SSSR count). The summed E-state index contributed by atoms with van der Waals surface area (Å²) in [5.41, 5.74) is 0. The number of rotatable bonds is 12. The molecule has 1 aromatic carbocycles. The van der Waals surface area contributed by atoms with Gasteiger partial charge in [0.2, 0.25) is 0 Å². The minimum absolute atomic E-state index is 0.00185. The quantitative estimate of drug-likeness (QED) is 0.292. The molecular formula is C22H29ClO7. The van der Waals surface area contributed by atoms with Gasteiger partial charge in [0.25, 0.3) is 0 Å². The topological polar surface area (TPSA) is 102 Å². The number of carbonyl (C=O) groups is 2. The normalized spacial score (nSPS) is 22.4. The Hall–Kier alpha value is -1.93. The molecule has 8 heteroatoms. The molecule has 0 aliphatic heterocycles. The Morgan fingerprint density at radius 3 is 2.87 bits per heavy atom. The Kier molecular flexibility index (Phi) is 10.3. The number of methoxy groups -OCH3 is 1. The van der Waals surface area contributed by atoms with Crippen LogP contribution in [0.1, 0.15) is 32.1 Å². The number of halogens is 1. The van der Waals surface area contributed by atoms with Gasteiger partial charge in [0.15, 0.2) is 0 Å². The first-order valence-corrected chi connectivity index (χ1v) is 10.4. The minimum atomic E-state index is -0.915. The number of unbranched alkanes of at least 4 members (excludes halogenated alkanes) is 1. The predicted octanol–water partition coefficient (Wildman–Crippen LogP) is 2.70. The number of carbonyl (C=O) groups excluding carboxylic acids is 2.